The molecule has 0 radical (unpaired) electrons. The van der Waals surface area contributed by atoms with Crippen LogP contribution in [0.3, 0.4) is 0 Å². The molecule has 1 aliphatic rings. The minimum atomic E-state index is -0.514. The number of hydrogen-bond donors (Lipinski definition) is 1. The number of rotatable bonds is 4. The number of hydrogen-bond acceptors (Lipinski definition) is 4. The lowest BCUT2D eigenvalue weighted by atomic mass is 10.1. The van der Waals surface area contributed by atoms with Crippen molar-refractivity contribution in [3.8, 4) is 5.75 Å². The van der Waals surface area contributed by atoms with Gasteiger partial charge >= 0.3 is 0 Å². The topological polar surface area (TPSA) is 38.7 Å². The molecule has 88 valence electrons. The lowest BCUT2D eigenvalue weighted by Crippen LogP contribution is -2.30. The zero-order chi connectivity index (χ0) is 11.5. The third-order valence-electron chi connectivity index (χ3n) is 2.56. The summed E-state index contributed by atoms with van der Waals surface area (Å²) in [6, 6.07) is 5.85. The molecule has 0 aromatic heterocycles. The van der Waals surface area contributed by atoms with Crippen molar-refractivity contribution in [2.24, 2.45) is 0 Å². The van der Waals surface area contributed by atoms with Gasteiger partial charge < -0.3 is 14.6 Å². The Kier molecular flexibility index (Phi) is 3.74. The molecule has 1 aliphatic heterocycles. The average molecular weight is 240 g/mol. The fraction of sp³-hybridized carbons (Fsp3) is 0.500. The Morgan fingerprint density at radius 3 is 2.75 bits per heavy atom. The van der Waals surface area contributed by atoms with E-state index in [1.165, 1.54) is 0 Å². The van der Waals surface area contributed by atoms with Gasteiger partial charge in [0, 0.05) is 10.5 Å². The summed E-state index contributed by atoms with van der Waals surface area (Å²) in [6.45, 7) is 3.35. The fourth-order valence-corrected chi connectivity index (χ4v) is 2.92. The third-order valence-corrected chi connectivity index (χ3v) is 3.78. The molecule has 4 heteroatoms. The predicted octanol–water partition coefficient (Wildman–Crippen LogP) is 2.24. The number of aliphatic hydroxyl groups is 1. The first-order valence-electron chi connectivity index (χ1n) is 5.31. The van der Waals surface area contributed by atoms with E-state index in [2.05, 4.69) is 0 Å². The molecule has 0 amide bonds. The zero-order valence-electron chi connectivity index (χ0n) is 9.47. The number of ether oxygens (including phenoxy) is 2. The Labute approximate surface area is 99.8 Å². The highest BCUT2D eigenvalue weighted by Crippen LogP contribution is 2.38. The summed E-state index contributed by atoms with van der Waals surface area (Å²) in [5.41, 5.74) is 0.877. The quantitative estimate of drug-likeness (QED) is 0.876. The molecule has 1 aromatic rings. The standard InChI is InChI=1S/C12H16O3S/c1-8(13)12-10(14-2)4-3-5-11(12)16-9-6-15-7-9/h3-5,8-9,13H,6-7H2,1-2H3/t8-/m0/s1. The van der Waals surface area contributed by atoms with Crippen LogP contribution < -0.4 is 4.74 Å². The second kappa shape index (κ2) is 5.08. The maximum absolute atomic E-state index is 9.80. The zero-order valence-corrected chi connectivity index (χ0v) is 10.3. The summed E-state index contributed by atoms with van der Waals surface area (Å²) in [4.78, 5) is 1.09. The van der Waals surface area contributed by atoms with Crippen molar-refractivity contribution in [1.82, 2.24) is 0 Å². The van der Waals surface area contributed by atoms with Gasteiger partial charge in [0.2, 0.25) is 0 Å². The molecular formula is C12H16O3S. The Balaban J connectivity index is 2.26. The summed E-state index contributed by atoms with van der Waals surface area (Å²) < 4.78 is 10.4. The summed E-state index contributed by atoms with van der Waals surface area (Å²) in [5.74, 6) is 0.750. The highest BCUT2D eigenvalue weighted by molar-refractivity contribution is 8.00. The Hall–Kier alpha value is -0.710. The first-order chi connectivity index (χ1) is 7.72. The third kappa shape index (κ3) is 2.34. The maximum Gasteiger partial charge on any atom is 0.125 e. The molecule has 0 aliphatic carbocycles. The van der Waals surface area contributed by atoms with Crippen molar-refractivity contribution in [1.29, 1.82) is 0 Å². The molecule has 0 spiro atoms. The van der Waals surface area contributed by atoms with E-state index in [4.69, 9.17) is 9.47 Å². The smallest absolute Gasteiger partial charge is 0.125 e. The number of methoxy groups -OCH3 is 1. The van der Waals surface area contributed by atoms with E-state index in [0.29, 0.717) is 5.25 Å². The van der Waals surface area contributed by atoms with E-state index < -0.39 is 6.10 Å². The minimum absolute atomic E-state index is 0.504. The van der Waals surface area contributed by atoms with Gasteiger partial charge in [-0.15, -0.1) is 11.8 Å². The van der Waals surface area contributed by atoms with E-state index in [0.717, 1.165) is 29.4 Å². The van der Waals surface area contributed by atoms with Crippen LogP contribution in [-0.2, 0) is 4.74 Å². The second-order valence-corrected chi connectivity index (χ2v) is 5.17. The Morgan fingerprint density at radius 1 is 1.50 bits per heavy atom. The Bertz CT molecular complexity index is 361. The molecule has 1 fully saturated rings. The fourth-order valence-electron chi connectivity index (χ4n) is 1.68. The minimum Gasteiger partial charge on any atom is -0.496 e. The van der Waals surface area contributed by atoms with Gasteiger partial charge in [-0.1, -0.05) is 6.07 Å². The lowest BCUT2D eigenvalue weighted by molar-refractivity contribution is 0.0454. The highest BCUT2D eigenvalue weighted by Gasteiger charge is 2.23. The van der Waals surface area contributed by atoms with Crippen LogP contribution in [0.15, 0.2) is 23.1 Å². The molecule has 0 bridgehead atoms. The number of aliphatic hydroxyl groups excluding tert-OH is 1. The average Bonchev–Trinajstić information content (AvgIpc) is 2.22. The summed E-state index contributed by atoms with van der Waals surface area (Å²) >= 11 is 1.75. The van der Waals surface area contributed by atoms with Gasteiger partial charge in [-0.25, -0.2) is 0 Å². The molecule has 0 saturated carbocycles. The Morgan fingerprint density at radius 2 is 2.25 bits per heavy atom. The van der Waals surface area contributed by atoms with E-state index in [1.54, 1.807) is 25.8 Å². The van der Waals surface area contributed by atoms with Crippen molar-refractivity contribution in [2.45, 2.75) is 23.2 Å². The lowest BCUT2D eigenvalue weighted by Gasteiger charge is -2.27. The largest absolute Gasteiger partial charge is 0.496 e. The van der Waals surface area contributed by atoms with Gasteiger partial charge in [0.1, 0.15) is 5.75 Å². The molecule has 2 rings (SSSR count). The van der Waals surface area contributed by atoms with Crippen LogP contribution in [0.25, 0.3) is 0 Å². The molecule has 1 heterocycles. The molecule has 16 heavy (non-hydrogen) atoms. The van der Waals surface area contributed by atoms with Crippen LogP contribution in [0, 0.1) is 0 Å². The molecule has 1 atom stereocenters. The summed E-state index contributed by atoms with van der Waals surface area (Å²) in [7, 11) is 1.63. The SMILES string of the molecule is COc1cccc(SC2COC2)c1[C@H](C)O. The first kappa shape index (κ1) is 11.8. The van der Waals surface area contributed by atoms with E-state index in [-0.39, 0.29) is 0 Å². The van der Waals surface area contributed by atoms with Crippen LogP contribution in [0.2, 0.25) is 0 Å². The van der Waals surface area contributed by atoms with Gasteiger partial charge in [-0.2, -0.15) is 0 Å². The van der Waals surface area contributed by atoms with Crippen LogP contribution in [0.4, 0.5) is 0 Å². The second-order valence-electron chi connectivity index (χ2n) is 3.83. The van der Waals surface area contributed by atoms with Crippen LogP contribution in [0.1, 0.15) is 18.6 Å². The summed E-state index contributed by atoms with van der Waals surface area (Å²) in [6.07, 6.45) is -0.514. The van der Waals surface area contributed by atoms with Crippen molar-refractivity contribution in [2.75, 3.05) is 20.3 Å². The molecule has 1 saturated heterocycles. The highest BCUT2D eigenvalue weighted by atomic mass is 32.2. The molecule has 0 unspecified atom stereocenters. The van der Waals surface area contributed by atoms with Gasteiger partial charge in [-0.3, -0.25) is 0 Å². The maximum atomic E-state index is 9.80. The monoisotopic (exact) mass is 240 g/mol. The van der Waals surface area contributed by atoms with Crippen molar-refractivity contribution < 1.29 is 14.6 Å². The van der Waals surface area contributed by atoms with Gasteiger partial charge in [0.15, 0.2) is 0 Å². The molecule has 1 N–H and O–H groups in total. The van der Waals surface area contributed by atoms with Crippen molar-refractivity contribution in [3.05, 3.63) is 23.8 Å². The number of benzene rings is 1. The molecular weight excluding hydrogens is 224 g/mol. The van der Waals surface area contributed by atoms with E-state index in [9.17, 15) is 5.11 Å². The molecule has 1 aromatic carbocycles. The van der Waals surface area contributed by atoms with Gasteiger partial charge in [0.05, 0.1) is 31.7 Å². The first-order valence-corrected chi connectivity index (χ1v) is 6.19. The number of thioether (sulfide) groups is 1. The van der Waals surface area contributed by atoms with Crippen LogP contribution >= 0.6 is 11.8 Å². The van der Waals surface area contributed by atoms with E-state index in [1.807, 2.05) is 18.2 Å². The normalized spacial score (nSPS) is 17.9. The van der Waals surface area contributed by atoms with E-state index >= 15 is 0 Å². The van der Waals surface area contributed by atoms with Crippen LogP contribution in [-0.4, -0.2) is 30.7 Å². The van der Waals surface area contributed by atoms with Crippen molar-refractivity contribution in [3.63, 3.8) is 0 Å². The van der Waals surface area contributed by atoms with Crippen LogP contribution in [0.5, 0.6) is 5.75 Å². The van der Waals surface area contributed by atoms with Crippen molar-refractivity contribution >= 4 is 11.8 Å². The predicted molar refractivity (Wildman–Crippen MR) is 64.1 cm³/mol. The summed E-state index contributed by atoms with van der Waals surface area (Å²) in [5, 5.41) is 10.3. The van der Waals surface area contributed by atoms with Gasteiger partial charge in [0.25, 0.3) is 0 Å². The molecule has 3 nitrogen and oxygen atoms in total. The van der Waals surface area contributed by atoms with Gasteiger partial charge in [-0.05, 0) is 19.1 Å².